The maximum Gasteiger partial charge on any atom is 0.440 e. The van der Waals surface area contributed by atoms with E-state index in [0.717, 1.165) is 32.0 Å². The van der Waals surface area contributed by atoms with Gasteiger partial charge in [-0.05, 0) is 47.5 Å². The molecule has 0 atom stereocenters. The molecule has 2 N–H and O–H groups in total. The first-order valence-corrected chi connectivity index (χ1v) is 11.1. The Morgan fingerprint density at radius 3 is 1.76 bits per heavy atom. The van der Waals surface area contributed by atoms with Crippen LogP contribution in [0.25, 0.3) is 0 Å². The predicted molar refractivity (Wildman–Crippen MR) is 133 cm³/mol. The van der Waals surface area contributed by atoms with Crippen LogP contribution in [0.4, 0.5) is 11.4 Å². The van der Waals surface area contributed by atoms with Crippen molar-refractivity contribution in [3.8, 4) is 11.5 Å². The van der Waals surface area contributed by atoms with E-state index in [4.69, 9.17) is 13.8 Å². The average molecular weight is 503 g/mol. The Kier molecular flexibility index (Phi) is 6.20. The molecule has 0 bridgehead atoms. The SMILES string of the molecule is CN(c1ccc(Cn2oc(=O)[nH]c2=O)cc1)c1cccc(Oc2ccc(Cn3oc(=O)[nH]c3=O)cc2)c1. The van der Waals surface area contributed by atoms with Gasteiger partial charge in [-0.2, -0.15) is 0 Å². The van der Waals surface area contributed by atoms with Gasteiger partial charge in [0.2, 0.25) is 0 Å². The molecule has 2 heterocycles. The second-order valence-electron chi connectivity index (χ2n) is 8.16. The van der Waals surface area contributed by atoms with E-state index in [1.807, 2.05) is 65.5 Å². The van der Waals surface area contributed by atoms with Crippen LogP contribution >= 0.6 is 0 Å². The molecular weight excluding hydrogens is 482 g/mol. The molecule has 0 aliphatic rings. The lowest BCUT2D eigenvalue weighted by Crippen LogP contribution is -2.17. The summed E-state index contributed by atoms with van der Waals surface area (Å²) in [5.74, 6) is -0.358. The topological polar surface area (TPSA) is 148 Å². The predicted octanol–water partition coefficient (Wildman–Crippen LogP) is 2.23. The summed E-state index contributed by atoms with van der Waals surface area (Å²) in [6.07, 6.45) is 0. The van der Waals surface area contributed by atoms with Crippen molar-refractivity contribution in [1.29, 1.82) is 0 Å². The van der Waals surface area contributed by atoms with Crippen LogP contribution in [0.5, 0.6) is 11.5 Å². The van der Waals surface area contributed by atoms with Crippen molar-refractivity contribution in [1.82, 2.24) is 19.4 Å². The Bertz CT molecular complexity index is 1750. The van der Waals surface area contributed by atoms with Crippen LogP contribution in [-0.4, -0.2) is 26.5 Å². The number of hydrogen-bond donors (Lipinski definition) is 2. The molecule has 37 heavy (non-hydrogen) atoms. The van der Waals surface area contributed by atoms with Crippen molar-refractivity contribution in [3.05, 3.63) is 126 Å². The van der Waals surface area contributed by atoms with Gasteiger partial charge in [0.25, 0.3) is 0 Å². The van der Waals surface area contributed by atoms with E-state index in [0.29, 0.717) is 11.5 Å². The van der Waals surface area contributed by atoms with E-state index in [1.54, 1.807) is 24.3 Å². The smallest absolute Gasteiger partial charge is 0.440 e. The van der Waals surface area contributed by atoms with E-state index < -0.39 is 22.9 Å². The van der Waals surface area contributed by atoms with Crippen LogP contribution in [0, 0.1) is 0 Å². The highest BCUT2D eigenvalue weighted by Crippen LogP contribution is 2.29. The molecule has 0 amide bonds. The summed E-state index contributed by atoms with van der Waals surface area (Å²) in [6, 6.07) is 22.1. The minimum absolute atomic E-state index is 0.118. The molecule has 0 aliphatic carbocycles. The highest BCUT2D eigenvalue weighted by Gasteiger charge is 2.09. The van der Waals surface area contributed by atoms with Crippen LogP contribution in [-0.2, 0) is 13.1 Å². The Morgan fingerprint density at radius 1 is 0.703 bits per heavy atom. The van der Waals surface area contributed by atoms with Gasteiger partial charge in [-0.1, -0.05) is 30.3 Å². The summed E-state index contributed by atoms with van der Waals surface area (Å²) in [7, 11) is 1.92. The zero-order chi connectivity index (χ0) is 25.9. The zero-order valence-corrected chi connectivity index (χ0v) is 19.5. The van der Waals surface area contributed by atoms with E-state index in [1.165, 1.54) is 0 Å². The molecule has 12 nitrogen and oxygen atoms in total. The number of benzene rings is 3. The van der Waals surface area contributed by atoms with Crippen LogP contribution in [0.3, 0.4) is 0 Å². The van der Waals surface area contributed by atoms with E-state index in [2.05, 4.69) is 4.98 Å². The van der Waals surface area contributed by atoms with Crippen molar-refractivity contribution >= 4 is 11.4 Å². The van der Waals surface area contributed by atoms with E-state index in [9.17, 15) is 19.2 Å². The summed E-state index contributed by atoms with van der Waals surface area (Å²) in [4.78, 5) is 51.6. The van der Waals surface area contributed by atoms with Gasteiger partial charge >= 0.3 is 22.9 Å². The second kappa shape index (κ2) is 9.77. The molecule has 0 spiro atoms. The molecule has 3 aromatic carbocycles. The maximum absolute atomic E-state index is 11.6. The number of anilines is 2. The highest BCUT2D eigenvalue weighted by atomic mass is 16.5. The Morgan fingerprint density at radius 2 is 1.24 bits per heavy atom. The number of hydrogen-bond acceptors (Lipinski definition) is 8. The lowest BCUT2D eigenvalue weighted by atomic mass is 10.2. The molecule has 0 unspecified atom stereocenters. The molecule has 0 fully saturated rings. The Labute approximate surface area is 207 Å². The van der Waals surface area contributed by atoms with Crippen molar-refractivity contribution in [2.24, 2.45) is 0 Å². The molecule has 5 rings (SSSR count). The molecule has 0 radical (unpaired) electrons. The molecule has 0 aliphatic heterocycles. The Balaban J connectivity index is 1.25. The van der Waals surface area contributed by atoms with Crippen LogP contribution in [0.1, 0.15) is 11.1 Å². The van der Waals surface area contributed by atoms with Gasteiger partial charge in [-0.3, -0.25) is 0 Å². The second-order valence-corrected chi connectivity index (χ2v) is 8.16. The zero-order valence-electron chi connectivity index (χ0n) is 19.5. The fourth-order valence-electron chi connectivity index (χ4n) is 3.70. The first-order valence-electron chi connectivity index (χ1n) is 11.1. The van der Waals surface area contributed by atoms with Crippen LogP contribution in [0.2, 0.25) is 0 Å². The van der Waals surface area contributed by atoms with Crippen molar-refractivity contribution in [2.45, 2.75) is 13.1 Å². The molecule has 0 saturated carbocycles. The first-order chi connectivity index (χ1) is 17.8. The van der Waals surface area contributed by atoms with Gasteiger partial charge in [0, 0.05) is 24.5 Å². The molecule has 2 aromatic heterocycles. The molecule has 0 saturated heterocycles. The first kappa shape index (κ1) is 23.5. The van der Waals surface area contributed by atoms with Crippen LogP contribution < -0.4 is 32.5 Å². The highest BCUT2D eigenvalue weighted by molar-refractivity contribution is 5.64. The van der Waals surface area contributed by atoms with Crippen LogP contribution in [0.15, 0.2) is 101 Å². The molecule has 5 aromatic rings. The molecule has 188 valence electrons. The third kappa shape index (κ3) is 5.37. The third-order valence-corrected chi connectivity index (χ3v) is 5.60. The molecular formula is C25H21N5O7. The minimum atomic E-state index is -0.797. The lowest BCUT2D eigenvalue weighted by molar-refractivity contribution is 0.258. The number of nitrogens with one attached hydrogen (secondary N) is 2. The standard InChI is InChI=1S/C25H21N5O7/c1-28(18-9-5-16(6-10-18)14-29-22(31)26-24(33)36-29)19-3-2-4-21(13-19)35-20-11-7-17(8-12-20)15-30-23(32)27-25(34)37-30/h2-13H,14-15H2,1H3,(H,26,31,33)(H,27,32,34). The summed E-state index contributed by atoms with van der Waals surface area (Å²) < 4.78 is 17.5. The number of aromatic nitrogens is 4. The molecule has 12 heteroatoms. The average Bonchev–Trinajstić information content (AvgIpc) is 3.38. The van der Waals surface area contributed by atoms with Gasteiger partial charge in [0.15, 0.2) is 0 Å². The quantitative estimate of drug-likeness (QED) is 0.328. The number of ether oxygens (including phenoxy) is 1. The number of H-pyrrole nitrogens is 2. The maximum atomic E-state index is 11.6. The van der Waals surface area contributed by atoms with E-state index >= 15 is 0 Å². The van der Waals surface area contributed by atoms with Gasteiger partial charge < -0.3 is 18.7 Å². The third-order valence-electron chi connectivity index (χ3n) is 5.60. The van der Waals surface area contributed by atoms with Gasteiger partial charge in [-0.15, -0.1) is 9.48 Å². The number of rotatable bonds is 8. The normalized spacial score (nSPS) is 10.9. The van der Waals surface area contributed by atoms with Gasteiger partial charge in [0.05, 0.1) is 13.1 Å². The van der Waals surface area contributed by atoms with E-state index in [-0.39, 0.29) is 13.1 Å². The Hall–Kier alpha value is -5.26. The minimum Gasteiger partial charge on any atom is -0.457 e. The summed E-state index contributed by atoms with van der Waals surface area (Å²) in [5.41, 5.74) is 2.15. The number of aromatic amines is 2. The van der Waals surface area contributed by atoms with Gasteiger partial charge in [-0.25, -0.2) is 29.1 Å². The van der Waals surface area contributed by atoms with Crippen molar-refractivity contribution in [2.75, 3.05) is 11.9 Å². The summed E-state index contributed by atoms with van der Waals surface area (Å²) in [5, 5.41) is 0. The van der Waals surface area contributed by atoms with Gasteiger partial charge in [0.1, 0.15) is 11.5 Å². The fourth-order valence-corrected chi connectivity index (χ4v) is 3.70. The van der Waals surface area contributed by atoms with Crippen molar-refractivity contribution < 1.29 is 13.8 Å². The number of nitrogens with zero attached hydrogens (tertiary/aromatic N) is 3. The fraction of sp³-hybridized carbons (Fsp3) is 0.120. The summed E-state index contributed by atoms with van der Waals surface area (Å²) in [6.45, 7) is 0.257. The monoisotopic (exact) mass is 503 g/mol. The largest absolute Gasteiger partial charge is 0.457 e. The van der Waals surface area contributed by atoms with Crippen molar-refractivity contribution in [3.63, 3.8) is 0 Å². The summed E-state index contributed by atoms with van der Waals surface area (Å²) >= 11 is 0. The lowest BCUT2D eigenvalue weighted by Gasteiger charge is -2.20.